The lowest BCUT2D eigenvalue weighted by Crippen LogP contribution is -2.23. The van der Waals surface area contributed by atoms with Crippen LogP contribution in [0.5, 0.6) is 5.75 Å². The highest BCUT2D eigenvalue weighted by Gasteiger charge is 2.09. The molecule has 0 aromatic heterocycles. The van der Waals surface area contributed by atoms with Gasteiger partial charge in [-0.15, -0.1) is 0 Å². The number of ether oxygens (including phenoxy) is 1. The van der Waals surface area contributed by atoms with Crippen molar-refractivity contribution in [3.8, 4) is 5.75 Å². The fourth-order valence-corrected chi connectivity index (χ4v) is 2.91. The van der Waals surface area contributed by atoms with Crippen LogP contribution in [-0.2, 0) is 16.2 Å². The van der Waals surface area contributed by atoms with Crippen LogP contribution in [0.4, 0.5) is 0 Å². The van der Waals surface area contributed by atoms with Gasteiger partial charge in [-0.1, -0.05) is 25.0 Å². The average Bonchev–Trinajstić information content (AvgIpc) is 2.83. The second kappa shape index (κ2) is 11.0. The van der Waals surface area contributed by atoms with Crippen LogP contribution in [0, 0.1) is 0 Å². The van der Waals surface area contributed by atoms with Gasteiger partial charge in [0.2, 0.25) is 5.91 Å². The summed E-state index contributed by atoms with van der Waals surface area (Å²) >= 11 is 0. The van der Waals surface area contributed by atoms with Gasteiger partial charge in [0.25, 0.3) is 0 Å². The van der Waals surface area contributed by atoms with Gasteiger partial charge in [0, 0.05) is 13.5 Å². The molecule has 5 heteroatoms. The Kier molecular flexibility index (Phi) is 8.63. The van der Waals surface area contributed by atoms with Crippen molar-refractivity contribution in [3.05, 3.63) is 29.8 Å². The van der Waals surface area contributed by atoms with Gasteiger partial charge in [-0.25, -0.2) is 5.48 Å². The molecule has 1 heterocycles. The third-order valence-corrected chi connectivity index (χ3v) is 4.13. The van der Waals surface area contributed by atoms with Crippen molar-refractivity contribution < 1.29 is 14.4 Å². The second-order valence-corrected chi connectivity index (χ2v) is 6.40. The molecule has 24 heavy (non-hydrogen) atoms. The molecule has 0 radical (unpaired) electrons. The predicted molar refractivity (Wildman–Crippen MR) is 94.7 cm³/mol. The highest BCUT2D eigenvalue weighted by atomic mass is 16.6. The zero-order valence-electron chi connectivity index (χ0n) is 14.8. The molecule has 0 aliphatic carbocycles. The van der Waals surface area contributed by atoms with Crippen molar-refractivity contribution >= 4 is 5.91 Å². The third kappa shape index (κ3) is 7.79. The molecule has 0 unspecified atom stereocenters. The number of carbonyl (C=O) groups excluding carboxylic acids is 1. The number of hydrogen-bond acceptors (Lipinski definition) is 4. The number of unbranched alkanes of at least 4 members (excludes halogenated alkanes) is 1. The Balaban J connectivity index is 1.65. The molecule has 1 amide bonds. The van der Waals surface area contributed by atoms with Crippen molar-refractivity contribution in [3.63, 3.8) is 0 Å². The first kappa shape index (κ1) is 18.7. The van der Waals surface area contributed by atoms with Gasteiger partial charge in [-0.05, 0) is 56.5 Å². The SMILES string of the molecule is CC(=O)NOCCCCOc1cccc(CN2CCCCCC2)c1. The molecule has 134 valence electrons. The number of benzene rings is 1. The number of hydrogen-bond donors (Lipinski definition) is 1. The molecule has 5 nitrogen and oxygen atoms in total. The van der Waals surface area contributed by atoms with E-state index in [1.165, 1.54) is 51.3 Å². The minimum Gasteiger partial charge on any atom is -0.494 e. The number of carbonyl (C=O) groups is 1. The topological polar surface area (TPSA) is 50.8 Å². The Morgan fingerprint density at radius 1 is 1.12 bits per heavy atom. The largest absolute Gasteiger partial charge is 0.494 e. The zero-order chi connectivity index (χ0) is 17.0. The molecule has 1 aromatic carbocycles. The molecule has 0 atom stereocenters. The Hall–Kier alpha value is -1.59. The van der Waals surface area contributed by atoms with E-state index in [9.17, 15) is 4.79 Å². The van der Waals surface area contributed by atoms with E-state index < -0.39 is 0 Å². The quantitative estimate of drug-likeness (QED) is 0.556. The summed E-state index contributed by atoms with van der Waals surface area (Å²) in [6.45, 7) is 6.04. The number of rotatable bonds is 9. The highest BCUT2D eigenvalue weighted by molar-refractivity contribution is 5.71. The molecule has 1 saturated heterocycles. The van der Waals surface area contributed by atoms with Crippen LogP contribution in [0.1, 0.15) is 51.0 Å². The van der Waals surface area contributed by atoms with Crippen LogP contribution < -0.4 is 10.2 Å². The maximum atomic E-state index is 10.6. The Bertz CT molecular complexity index is 485. The first-order valence-corrected chi connectivity index (χ1v) is 9.06. The Labute approximate surface area is 145 Å². The van der Waals surface area contributed by atoms with Gasteiger partial charge in [0.1, 0.15) is 5.75 Å². The number of likely N-dealkylation sites (tertiary alicyclic amines) is 1. The van der Waals surface area contributed by atoms with E-state index >= 15 is 0 Å². The van der Waals surface area contributed by atoms with Crippen molar-refractivity contribution in [2.24, 2.45) is 0 Å². The van der Waals surface area contributed by atoms with Crippen LogP contribution in [0.2, 0.25) is 0 Å². The minimum atomic E-state index is -0.174. The lowest BCUT2D eigenvalue weighted by Gasteiger charge is -2.20. The van der Waals surface area contributed by atoms with E-state index in [4.69, 9.17) is 9.57 Å². The molecule has 1 aliphatic heterocycles. The summed E-state index contributed by atoms with van der Waals surface area (Å²) in [6.07, 6.45) is 7.12. The van der Waals surface area contributed by atoms with E-state index in [1.807, 2.05) is 6.07 Å². The Morgan fingerprint density at radius 3 is 2.62 bits per heavy atom. The van der Waals surface area contributed by atoms with Crippen LogP contribution in [0.25, 0.3) is 0 Å². The van der Waals surface area contributed by atoms with E-state index in [1.54, 1.807) is 0 Å². The number of hydroxylamine groups is 1. The first-order valence-electron chi connectivity index (χ1n) is 9.06. The van der Waals surface area contributed by atoms with Gasteiger partial charge in [-0.3, -0.25) is 14.5 Å². The maximum Gasteiger partial charge on any atom is 0.240 e. The van der Waals surface area contributed by atoms with Gasteiger partial charge in [0.15, 0.2) is 0 Å². The number of amides is 1. The van der Waals surface area contributed by atoms with E-state index in [0.717, 1.165) is 25.1 Å². The zero-order valence-corrected chi connectivity index (χ0v) is 14.8. The maximum absolute atomic E-state index is 10.6. The molecule has 2 rings (SSSR count). The minimum absolute atomic E-state index is 0.174. The molecular weight excluding hydrogens is 304 g/mol. The monoisotopic (exact) mass is 334 g/mol. The molecule has 1 aliphatic rings. The van der Waals surface area contributed by atoms with Crippen LogP contribution in [0.15, 0.2) is 24.3 Å². The lowest BCUT2D eigenvalue weighted by molar-refractivity contribution is -0.131. The van der Waals surface area contributed by atoms with Gasteiger partial charge < -0.3 is 4.74 Å². The van der Waals surface area contributed by atoms with E-state index in [-0.39, 0.29) is 5.91 Å². The molecular formula is C19H30N2O3. The van der Waals surface area contributed by atoms with Gasteiger partial charge in [-0.2, -0.15) is 0 Å². The van der Waals surface area contributed by atoms with Crippen molar-refractivity contribution in [2.45, 2.75) is 52.0 Å². The van der Waals surface area contributed by atoms with Crippen LogP contribution in [-0.4, -0.2) is 37.1 Å². The molecule has 1 aromatic rings. The molecule has 0 saturated carbocycles. The van der Waals surface area contributed by atoms with Crippen molar-refractivity contribution in [1.82, 2.24) is 10.4 Å². The smallest absolute Gasteiger partial charge is 0.240 e. The van der Waals surface area contributed by atoms with Gasteiger partial charge in [0.05, 0.1) is 13.2 Å². The third-order valence-electron chi connectivity index (χ3n) is 4.13. The first-order chi connectivity index (χ1) is 11.7. The fraction of sp³-hybridized carbons (Fsp3) is 0.632. The van der Waals surface area contributed by atoms with E-state index in [2.05, 4.69) is 28.6 Å². The van der Waals surface area contributed by atoms with Crippen molar-refractivity contribution in [1.29, 1.82) is 0 Å². The van der Waals surface area contributed by atoms with E-state index in [0.29, 0.717) is 13.2 Å². The summed E-state index contributed by atoms with van der Waals surface area (Å²) in [5.74, 6) is 0.762. The number of nitrogens with one attached hydrogen (secondary N) is 1. The summed E-state index contributed by atoms with van der Waals surface area (Å²) in [5, 5.41) is 0. The summed E-state index contributed by atoms with van der Waals surface area (Å²) in [5.41, 5.74) is 3.64. The van der Waals surface area contributed by atoms with Crippen LogP contribution in [0.3, 0.4) is 0 Å². The molecule has 0 spiro atoms. The molecule has 0 bridgehead atoms. The normalized spacial score (nSPS) is 15.7. The van der Waals surface area contributed by atoms with Crippen molar-refractivity contribution in [2.75, 3.05) is 26.3 Å². The predicted octanol–water partition coefficient (Wildman–Crippen LogP) is 3.29. The summed E-state index contributed by atoms with van der Waals surface area (Å²) in [6, 6.07) is 8.42. The van der Waals surface area contributed by atoms with Crippen LogP contribution >= 0.6 is 0 Å². The number of nitrogens with zero attached hydrogens (tertiary/aromatic N) is 1. The molecule has 1 N–H and O–H groups in total. The molecule has 1 fully saturated rings. The fourth-order valence-electron chi connectivity index (χ4n) is 2.91. The summed E-state index contributed by atoms with van der Waals surface area (Å²) in [4.78, 5) is 18.2. The summed E-state index contributed by atoms with van der Waals surface area (Å²) in [7, 11) is 0. The second-order valence-electron chi connectivity index (χ2n) is 6.40. The summed E-state index contributed by atoms with van der Waals surface area (Å²) < 4.78 is 5.83. The highest BCUT2D eigenvalue weighted by Crippen LogP contribution is 2.17. The van der Waals surface area contributed by atoms with Gasteiger partial charge >= 0.3 is 0 Å². The standard InChI is InChI=1S/C19H30N2O3/c1-17(22)20-24-14-7-6-13-23-19-10-8-9-18(15-19)16-21-11-4-2-3-5-12-21/h8-10,15H,2-7,11-14,16H2,1H3,(H,20,22). The Morgan fingerprint density at radius 2 is 1.88 bits per heavy atom. The average molecular weight is 334 g/mol. The lowest BCUT2D eigenvalue weighted by atomic mass is 10.2.